The van der Waals surface area contributed by atoms with Gasteiger partial charge in [0.05, 0.1) is 11.1 Å². The molecule has 2 amide bonds. The van der Waals surface area contributed by atoms with Gasteiger partial charge in [-0.1, -0.05) is 18.2 Å². The van der Waals surface area contributed by atoms with Gasteiger partial charge >= 0.3 is 0 Å². The minimum absolute atomic E-state index is 0.141. The monoisotopic (exact) mass is 326 g/mol. The van der Waals surface area contributed by atoms with E-state index in [-0.39, 0.29) is 17.2 Å². The number of anilines is 1. The van der Waals surface area contributed by atoms with Crippen LogP contribution in [0.3, 0.4) is 0 Å². The molecule has 122 valence electrons. The first-order valence-corrected chi connectivity index (χ1v) is 6.91. The maximum absolute atomic E-state index is 11.9. The van der Waals surface area contributed by atoms with Crippen LogP contribution in [0, 0.1) is 10.1 Å². The van der Waals surface area contributed by atoms with Crippen molar-refractivity contribution in [2.75, 3.05) is 5.32 Å². The summed E-state index contributed by atoms with van der Waals surface area (Å²) in [5.74, 6) is -0.717. The Hall–Kier alpha value is -3.55. The van der Waals surface area contributed by atoms with Crippen LogP contribution < -0.4 is 10.7 Å². The van der Waals surface area contributed by atoms with Gasteiger partial charge in [0.25, 0.3) is 11.6 Å². The van der Waals surface area contributed by atoms with Crippen LogP contribution in [0.25, 0.3) is 0 Å². The molecule has 0 spiro atoms. The first kappa shape index (κ1) is 16.8. The van der Waals surface area contributed by atoms with Crippen molar-refractivity contribution in [2.45, 2.75) is 6.92 Å². The fourth-order valence-electron chi connectivity index (χ4n) is 1.85. The predicted molar refractivity (Wildman–Crippen MR) is 88.9 cm³/mol. The quantitative estimate of drug-likeness (QED) is 0.498. The lowest BCUT2D eigenvalue weighted by atomic mass is 10.2. The Morgan fingerprint density at radius 2 is 1.88 bits per heavy atom. The highest BCUT2D eigenvalue weighted by atomic mass is 16.6. The Labute approximate surface area is 137 Å². The third-order valence-corrected chi connectivity index (χ3v) is 2.93. The first-order chi connectivity index (χ1) is 11.5. The molecule has 0 aromatic heterocycles. The van der Waals surface area contributed by atoms with Crippen molar-refractivity contribution >= 4 is 29.4 Å². The smallest absolute Gasteiger partial charge is 0.271 e. The second-order valence-electron chi connectivity index (χ2n) is 4.81. The Morgan fingerprint density at radius 3 is 2.50 bits per heavy atom. The number of nitro groups is 1. The molecule has 24 heavy (non-hydrogen) atoms. The second kappa shape index (κ2) is 7.63. The van der Waals surface area contributed by atoms with Crippen LogP contribution in [-0.4, -0.2) is 23.0 Å². The maximum atomic E-state index is 11.9. The number of amides is 2. The van der Waals surface area contributed by atoms with Gasteiger partial charge in [0, 0.05) is 30.3 Å². The van der Waals surface area contributed by atoms with E-state index in [9.17, 15) is 19.7 Å². The van der Waals surface area contributed by atoms with Gasteiger partial charge in [-0.15, -0.1) is 0 Å². The third kappa shape index (κ3) is 4.73. The molecule has 0 saturated heterocycles. The maximum Gasteiger partial charge on any atom is 0.271 e. The van der Waals surface area contributed by atoms with Gasteiger partial charge < -0.3 is 5.32 Å². The Kier molecular flexibility index (Phi) is 5.35. The van der Waals surface area contributed by atoms with E-state index >= 15 is 0 Å². The SMILES string of the molecule is CC(=O)Nc1ccc(/C=N\NC(=O)c2cccc([N+](=O)[O-])c2)cc1. The average molecular weight is 326 g/mol. The first-order valence-electron chi connectivity index (χ1n) is 6.91. The number of nitro benzene ring substituents is 1. The number of nitrogens with zero attached hydrogens (tertiary/aromatic N) is 2. The molecule has 0 aliphatic carbocycles. The largest absolute Gasteiger partial charge is 0.326 e. The number of carbonyl (C=O) groups excluding carboxylic acids is 2. The summed E-state index contributed by atoms with van der Waals surface area (Å²) in [7, 11) is 0. The molecule has 2 aromatic carbocycles. The number of nitrogens with one attached hydrogen (secondary N) is 2. The van der Waals surface area contributed by atoms with Crippen molar-refractivity contribution in [2.24, 2.45) is 5.10 Å². The molecule has 0 fully saturated rings. The summed E-state index contributed by atoms with van der Waals surface area (Å²) in [6.45, 7) is 1.42. The van der Waals surface area contributed by atoms with Crippen LogP contribution in [-0.2, 0) is 4.79 Å². The highest BCUT2D eigenvalue weighted by Gasteiger charge is 2.10. The minimum Gasteiger partial charge on any atom is -0.326 e. The van der Waals surface area contributed by atoms with E-state index in [2.05, 4.69) is 15.8 Å². The molecule has 8 nitrogen and oxygen atoms in total. The summed E-state index contributed by atoms with van der Waals surface area (Å²) in [5.41, 5.74) is 3.64. The molecule has 2 aromatic rings. The van der Waals surface area contributed by atoms with E-state index in [1.165, 1.54) is 37.4 Å². The Balaban J connectivity index is 1.98. The Bertz CT molecular complexity index is 800. The average Bonchev–Trinajstić information content (AvgIpc) is 2.56. The van der Waals surface area contributed by atoms with Crippen LogP contribution in [0.15, 0.2) is 53.6 Å². The van der Waals surface area contributed by atoms with E-state index in [1.54, 1.807) is 24.3 Å². The van der Waals surface area contributed by atoms with Crippen LogP contribution >= 0.6 is 0 Å². The molecule has 0 atom stereocenters. The number of hydrogen-bond donors (Lipinski definition) is 2. The Morgan fingerprint density at radius 1 is 1.17 bits per heavy atom. The molecule has 2 rings (SSSR count). The zero-order chi connectivity index (χ0) is 17.5. The van der Waals surface area contributed by atoms with Crippen molar-refractivity contribution in [3.8, 4) is 0 Å². The van der Waals surface area contributed by atoms with Crippen molar-refractivity contribution < 1.29 is 14.5 Å². The van der Waals surface area contributed by atoms with Crippen LogP contribution in [0.4, 0.5) is 11.4 Å². The summed E-state index contributed by atoms with van der Waals surface area (Å²) in [4.78, 5) is 32.9. The molecule has 0 heterocycles. The summed E-state index contributed by atoms with van der Waals surface area (Å²) in [6.07, 6.45) is 1.42. The van der Waals surface area contributed by atoms with Gasteiger partial charge in [0.1, 0.15) is 0 Å². The number of hydrogen-bond acceptors (Lipinski definition) is 5. The van der Waals surface area contributed by atoms with Crippen molar-refractivity contribution in [1.82, 2.24) is 5.43 Å². The zero-order valence-corrected chi connectivity index (χ0v) is 12.7. The topological polar surface area (TPSA) is 114 Å². The number of hydrazone groups is 1. The highest BCUT2D eigenvalue weighted by molar-refractivity contribution is 5.95. The van der Waals surface area contributed by atoms with Crippen LogP contribution in [0.5, 0.6) is 0 Å². The minimum atomic E-state index is -0.573. The normalized spacial score (nSPS) is 10.4. The summed E-state index contributed by atoms with van der Waals surface area (Å²) in [5, 5.41) is 17.1. The molecule has 0 saturated carbocycles. The molecule has 0 aliphatic rings. The standard InChI is InChI=1S/C16H14N4O4/c1-11(21)18-14-7-5-12(6-8-14)10-17-19-16(22)13-3-2-4-15(9-13)20(23)24/h2-10H,1H3,(H,18,21)(H,19,22)/b17-10-. The van der Waals surface area contributed by atoms with Gasteiger partial charge in [-0.2, -0.15) is 5.10 Å². The van der Waals surface area contributed by atoms with Gasteiger partial charge in [-0.3, -0.25) is 19.7 Å². The molecule has 0 aliphatic heterocycles. The third-order valence-electron chi connectivity index (χ3n) is 2.93. The summed E-state index contributed by atoms with van der Waals surface area (Å²) >= 11 is 0. The van der Waals surface area contributed by atoms with E-state index in [4.69, 9.17) is 0 Å². The summed E-state index contributed by atoms with van der Waals surface area (Å²) in [6, 6.07) is 12.2. The number of carbonyl (C=O) groups is 2. The highest BCUT2D eigenvalue weighted by Crippen LogP contribution is 2.13. The molecule has 8 heteroatoms. The lowest BCUT2D eigenvalue weighted by molar-refractivity contribution is -0.384. The van der Waals surface area contributed by atoms with Crippen molar-refractivity contribution in [3.05, 3.63) is 69.8 Å². The number of benzene rings is 2. The predicted octanol–water partition coefficient (Wildman–Crippen LogP) is 2.32. The van der Waals surface area contributed by atoms with E-state index in [0.29, 0.717) is 11.3 Å². The molecule has 0 unspecified atom stereocenters. The van der Waals surface area contributed by atoms with Crippen LogP contribution in [0.1, 0.15) is 22.8 Å². The zero-order valence-electron chi connectivity index (χ0n) is 12.7. The fourth-order valence-corrected chi connectivity index (χ4v) is 1.85. The lowest BCUT2D eigenvalue weighted by Crippen LogP contribution is -2.17. The molecular weight excluding hydrogens is 312 g/mol. The van der Waals surface area contributed by atoms with Crippen molar-refractivity contribution in [1.29, 1.82) is 0 Å². The van der Waals surface area contributed by atoms with E-state index < -0.39 is 10.8 Å². The van der Waals surface area contributed by atoms with Crippen molar-refractivity contribution in [3.63, 3.8) is 0 Å². The van der Waals surface area contributed by atoms with E-state index in [1.807, 2.05) is 0 Å². The molecule has 2 N–H and O–H groups in total. The van der Waals surface area contributed by atoms with Gasteiger partial charge in [0.2, 0.25) is 5.91 Å². The lowest BCUT2D eigenvalue weighted by Gasteiger charge is -2.02. The fraction of sp³-hybridized carbons (Fsp3) is 0.0625. The van der Waals surface area contributed by atoms with Crippen LogP contribution in [0.2, 0.25) is 0 Å². The number of rotatable bonds is 5. The molecular formula is C16H14N4O4. The van der Waals surface area contributed by atoms with E-state index in [0.717, 1.165) is 0 Å². The molecule has 0 radical (unpaired) electrons. The summed E-state index contributed by atoms with van der Waals surface area (Å²) < 4.78 is 0. The van der Waals surface area contributed by atoms with Gasteiger partial charge in [-0.25, -0.2) is 5.43 Å². The van der Waals surface area contributed by atoms with Gasteiger partial charge in [-0.05, 0) is 23.8 Å². The second-order valence-corrected chi connectivity index (χ2v) is 4.81. The number of non-ortho nitro benzene ring substituents is 1. The van der Waals surface area contributed by atoms with Gasteiger partial charge in [0.15, 0.2) is 0 Å². The molecule has 0 bridgehead atoms.